The maximum atomic E-state index is 14.3. The summed E-state index contributed by atoms with van der Waals surface area (Å²) < 4.78 is 29.8. The third kappa shape index (κ3) is 6.63. The summed E-state index contributed by atoms with van der Waals surface area (Å²) in [6.45, 7) is 3.44. The number of anilines is 2. The quantitative estimate of drug-likeness (QED) is 0.201. The van der Waals surface area contributed by atoms with Gasteiger partial charge in [0.1, 0.15) is 23.4 Å². The molecule has 8 nitrogen and oxygen atoms in total. The molecule has 0 radical (unpaired) electrons. The fourth-order valence-electron chi connectivity index (χ4n) is 5.08. The minimum Gasteiger partial charge on any atom is -0.381 e. The molecule has 0 saturated carbocycles. The number of aromatic nitrogens is 2. The summed E-state index contributed by atoms with van der Waals surface area (Å²) in [5, 5.41) is 16.0. The highest BCUT2D eigenvalue weighted by Gasteiger charge is 2.28. The molecule has 13 heteroatoms. The van der Waals surface area contributed by atoms with Crippen LogP contribution in [0.3, 0.4) is 0 Å². The van der Waals surface area contributed by atoms with Gasteiger partial charge in [0, 0.05) is 43.8 Å². The second-order valence-electron chi connectivity index (χ2n) is 11.3. The van der Waals surface area contributed by atoms with Gasteiger partial charge >= 0.3 is 0 Å². The van der Waals surface area contributed by atoms with Crippen LogP contribution in [0.5, 0.6) is 0 Å². The molecule has 0 unspecified atom stereocenters. The van der Waals surface area contributed by atoms with Gasteiger partial charge in [-0.3, -0.25) is 9.59 Å². The van der Waals surface area contributed by atoms with Crippen LogP contribution in [0.1, 0.15) is 47.6 Å². The van der Waals surface area contributed by atoms with Crippen LogP contribution in [-0.2, 0) is 24.8 Å². The Labute approximate surface area is 267 Å². The number of nitrogens with one attached hydrogen (secondary N) is 2. The summed E-state index contributed by atoms with van der Waals surface area (Å²) in [7, 11) is 1.83. The number of aryl methyl sites for hydroxylation is 1. The van der Waals surface area contributed by atoms with E-state index in [-0.39, 0.29) is 30.1 Å². The molecule has 4 aromatic rings. The van der Waals surface area contributed by atoms with E-state index in [2.05, 4.69) is 10.6 Å². The van der Waals surface area contributed by atoms with Crippen LogP contribution in [0, 0.1) is 5.82 Å². The lowest BCUT2D eigenvalue weighted by Crippen LogP contribution is -2.41. The van der Waals surface area contributed by atoms with Crippen molar-refractivity contribution < 1.29 is 23.5 Å². The van der Waals surface area contributed by atoms with E-state index in [0.717, 1.165) is 6.07 Å². The topological polar surface area (TPSA) is 99.5 Å². The van der Waals surface area contributed by atoms with Crippen molar-refractivity contribution in [1.29, 1.82) is 0 Å². The van der Waals surface area contributed by atoms with Crippen LogP contribution in [0.15, 0.2) is 42.5 Å². The Morgan fingerprint density at radius 2 is 1.86 bits per heavy atom. The summed E-state index contributed by atoms with van der Waals surface area (Å²) in [4.78, 5) is 32.3. The number of hydrogen-bond donors (Lipinski definition) is 3. The molecule has 44 heavy (non-hydrogen) atoms. The number of alkyl halides is 1. The van der Waals surface area contributed by atoms with Crippen molar-refractivity contribution >= 4 is 69.0 Å². The predicted octanol–water partition coefficient (Wildman–Crippen LogP) is 6.45. The molecule has 0 aliphatic carbocycles. The standard InChI is InChI=1S/C31H30Cl3F2N5O3/c1-31(2,44)30(43)37-14-16-4-6-21(32)19(28(16)34)12-27-39-24-11-20(29(42)38-18-5-7-23(36)22(33)10-18)25(13-26(24)40(27)3)41-9-8-17(35)15-41/h4-7,10-11,13,17,44H,8-9,12,14-15H2,1-3H3,(H,37,43)(H,38,42)/t17-/m1/s1. The molecule has 0 bridgehead atoms. The molecule has 1 aliphatic heterocycles. The Balaban J connectivity index is 1.50. The van der Waals surface area contributed by atoms with E-state index in [1.165, 1.54) is 26.0 Å². The molecule has 5 rings (SSSR count). The summed E-state index contributed by atoms with van der Waals surface area (Å²) in [6, 6.07) is 10.7. The fourth-order valence-corrected chi connectivity index (χ4v) is 5.83. The van der Waals surface area contributed by atoms with E-state index in [1.54, 1.807) is 18.2 Å². The summed E-state index contributed by atoms with van der Waals surface area (Å²) in [5.74, 6) is -1.04. The molecule has 0 spiro atoms. The highest BCUT2D eigenvalue weighted by atomic mass is 35.5. The minimum atomic E-state index is -1.55. The Hall–Kier alpha value is -3.44. The first-order valence-electron chi connectivity index (χ1n) is 13.8. The number of carbonyl (C=O) groups excluding carboxylic acids is 2. The van der Waals surface area contributed by atoms with Crippen molar-refractivity contribution in [3.8, 4) is 0 Å². The van der Waals surface area contributed by atoms with Gasteiger partial charge in [0.25, 0.3) is 11.8 Å². The molecule has 3 aromatic carbocycles. The molecule has 1 aromatic heterocycles. The van der Waals surface area contributed by atoms with E-state index < -0.39 is 29.4 Å². The lowest BCUT2D eigenvalue weighted by molar-refractivity contribution is -0.136. The highest BCUT2D eigenvalue weighted by molar-refractivity contribution is 6.36. The number of benzene rings is 3. The maximum absolute atomic E-state index is 14.3. The summed E-state index contributed by atoms with van der Waals surface area (Å²) in [5.41, 5.74) is 2.00. The van der Waals surface area contributed by atoms with Crippen LogP contribution < -0.4 is 15.5 Å². The van der Waals surface area contributed by atoms with Gasteiger partial charge in [-0.2, -0.15) is 0 Å². The van der Waals surface area contributed by atoms with E-state index in [0.29, 0.717) is 62.4 Å². The molecule has 2 amide bonds. The van der Waals surface area contributed by atoms with Crippen LogP contribution in [0.4, 0.5) is 20.2 Å². The van der Waals surface area contributed by atoms with Gasteiger partial charge in [-0.05, 0) is 67.8 Å². The largest absolute Gasteiger partial charge is 0.381 e. The van der Waals surface area contributed by atoms with Gasteiger partial charge in [-0.25, -0.2) is 13.8 Å². The average molecular weight is 665 g/mol. The van der Waals surface area contributed by atoms with Gasteiger partial charge in [0.05, 0.1) is 32.3 Å². The SMILES string of the molecule is Cn1c(Cc2c(Cl)ccc(CNC(=O)C(C)(C)O)c2Cl)nc2cc(C(=O)Nc3ccc(F)c(Cl)c3)c(N3CC[C@@H](F)C3)cc21. The Morgan fingerprint density at radius 3 is 2.52 bits per heavy atom. The predicted molar refractivity (Wildman–Crippen MR) is 169 cm³/mol. The fraction of sp³-hybridized carbons (Fsp3) is 0.323. The van der Waals surface area contributed by atoms with E-state index in [1.807, 2.05) is 22.6 Å². The molecule has 1 aliphatic rings. The van der Waals surface area contributed by atoms with Crippen molar-refractivity contribution in [2.45, 2.75) is 45.0 Å². The van der Waals surface area contributed by atoms with Crippen molar-refractivity contribution in [2.75, 3.05) is 23.3 Å². The first-order chi connectivity index (χ1) is 20.7. The summed E-state index contributed by atoms with van der Waals surface area (Å²) in [6.07, 6.45) is -0.450. The molecule has 1 saturated heterocycles. The molecule has 3 N–H and O–H groups in total. The maximum Gasteiger partial charge on any atom is 0.257 e. The third-order valence-electron chi connectivity index (χ3n) is 7.58. The molecular formula is C31H30Cl3F2N5O3. The number of hydrogen-bond acceptors (Lipinski definition) is 5. The van der Waals surface area contributed by atoms with Crippen molar-refractivity contribution in [1.82, 2.24) is 14.9 Å². The number of halogens is 5. The minimum absolute atomic E-state index is 0.0842. The highest BCUT2D eigenvalue weighted by Crippen LogP contribution is 2.34. The average Bonchev–Trinajstić information content (AvgIpc) is 3.53. The normalized spacial score (nSPS) is 15.2. The van der Waals surface area contributed by atoms with Crippen LogP contribution in [0.2, 0.25) is 15.1 Å². The lowest BCUT2D eigenvalue weighted by Gasteiger charge is -2.21. The van der Waals surface area contributed by atoms with E-state index in [9.17, 15) is 23.5 Å². The molecule has 1 fully saturated rings. The van der Waals surface area contributed by atoms with Gasteiger partial charge in [-0.1, -0.05) is 40.9 Å². The van der Waals surface area contributed by atoms with Gasteiger partial charge < -0.3 is 25.2 Å². The number of imidazole rings is 1. The Kier molecular flexibility index (Phi) is 9.09. The van der Waals surface area contributed by atoms with Crippen molar-refractivity contribution in [2.24, 2.45) is 7.05 Å². The number of carbonyl (C=O) groups is 2. The number of fused-ring (bicyclic) bond motifs is 1. The zero-order chi connectivity index (χ0) is 31.9. The van der Waals surface area contributed by atoms with E-state index in [4.69, 9.17) is 39.8 Å². The first-order valence-corrected chi connectivity index (χ1v) is 15.0. The van der Waals surface area contributed by atoms with E-state index >= 15 is 0 Å². The second-order valence-corrected chi connectivity index (χ2v) is 12.5. The molecule has 2 heterocycles. The van der Waals surface area contributed by atoms with Gasteiger partial charge in [0.2, 0.25) is 0 Å². The van der Waals surface area contributed by atoms with Crippen molar-refractivity contribution in [3.05, 3.63) is 85.9 Å². The number of amides is 2. The number of aliphatic hydroxyl groups is 1. The first kappa shape index (κ1) is 32.0. The number of rotatable bonds is 8. The zero-order valence-corrected chi connectivity index (χ0v) is 26.4. The molecular weight excluding hydrogens is 635 g/mol. The second kappa shape index (κ2) is 12.5. The summed E-state index contributed by atoms with van der Waals surface area (Å²) >= 11 is 19.2. The van der Waals surface area contributed by atoms with Crippen LogP contribution in [-0.4, -0.2) is 51.3 Å². The number of nitrogens with zero attached hydrogens (tertiary/aromatic N) is 3. The van der Waals surface area contributed by atoms with Crippen molar-refractivity contribution in [3.63, 3.8) is 0 Å². The molecule has 232 valence electrons. The monoisotopic (exact) mass is 663 g/mol. The Bertz CT molecular complexity index is 1770. The Morgan fingerprint density at radius 1 is 1.11 bits per heavy atom. The lowest BCUT2D eigenvalue weighted by atomic mass is 10.1. The van der Waals surface area contributed by atoms with Crippen LogP contribution >= 0.6 is 34.8 Å². The zero-order valence-electron chi connectivity index (χ0n) is 24.1. The van der Waals surface area contributed by atoms with Crippen LogP contribution in [0.25, 0.3) is 11.0 Å². The third-order valence-corrected chi connectivity index (χ3v) is 8.70. The smallest absolute Gasteiger partial charge is 0.257 e. The van der Waals surface area contributed by atoms with Gasteiger partial charge in [-0.15, -0.1) is 0 Å². The molecule has 1 atom stereocenters. The van der Waals surface area contributed by atoms with Gasteiger partial charge in [0.15, 0.2) is 0 Å².